The van der Waals surface area contributed by atoms with Crippen molar-refractivity contribution >= 4 is 38.9 Å². The van der Waals surface area contributed by atoms with Gasteiger partial charge in [-0.05, 0) is 19.2 Å². The molecule has 114 valence electrons. The minimum Gasteiger partial charge on any atom is -0.318 e. The van der Waals surface area contributed by atoms with Crippen molar-refractivity contribution in [3.05, 3.63) is 40.6 Å². The second-order valence-electron chi connectivity index (χ2n) is 4.25. The lowest BCUT2D eigenvalue weighted by Crippen LogP contribution is -2.15. The number of nitrogens with one attached hydrogen (secondary N) is 2. The van der Waals surface area contributed by atoms with Gasteiger partial charge in [-0.3, -0.25) is 9.40 Å². The Morgan fingerprint density at radius 2 is 2.10 bits per heavy atom. The number of likely N-dealkylation sites (N-methyl/N-ethyl adjacent to an activating group) is 1. The van der Waals surface area contributed by atoms with Gasteiger partial charge in [0, 0.05) is 12.7 Å². The van der Waals surface area contributed by atoms with E-state index in [0.717, 1.165) is 0 Å². The number of aromatic nitrogens is 2. The number of benzene rings is 1. The Balaban J connectivity index is 2.22. The van der Waals surface area contributed by atoms with Crippen LogP contribution in [0.2, 0.25) is 10.0 Å². The molecule has 0 bridgehead atoms. The summed E-state index contributed by atoms with van der Waals surface area (Å²) in [6.45, 7) is 1.26. The van der Waals surface area contributed by atoms with E-state index in [1.54, 1.807) is 16.8 Å². The Morgan fingerprint density at radius 3 is 2.81 bits per heavy atom. The molecule has 9 heteroatoms. The van der Waals surface area contributed by atoms with Gasteiger partial charge >= 0.3 is 0 Å². The van der Waals surface area contributed by atoms with Crippen LogP contribution in [0.4, 0.5) is 5.69 Å². The van der Waals surface area contributed by atoms with Crippen molar-refractivity contribution in [1.82, 2.24) is 15.1 Å². The zero-order valence-corrected chi connectivity index (χ0v) is 13.5. The van der Waals surface area contributed by atoms with E-state index in [9.17, 15) is 8.42 Å². The van der Waals surface area contributed by atoms with Gasteiger partial charge in [-0.15, -0.1) is 0 Å². The summed E-state index contributed by atoms with van der Waals surface area (Å²) in [5.74, 6) is 0. The third-order valence-electron chi connectivity index (χ3n) is 2.71. The SMILES string of the molecule is CNCCn1cc(S(=O)(=O)Nc2cccc(Cl)c2Cl)cn1. The Morgan fingerprint density at radius 1 is 1.33 bits per heavy atom. The van der Waals surface area contributed by atoms with Crippen LogP contribution in [0.1, 0.15) is 0 Å². The summed E-state index contributed by atoms with van der Waals surface area (Å²) in [5.41, 5.74) is 0.229. The molecule has 0 fully saturated rings. The highest BCUT2D eigenvalue weighted by atomic mass is 35.5. The number of halogens is 2. The van der Waals surface area contributed by atoms with Gasteiger partial charge in [0.15, 0.2) is 0 Å². The van der Waals surface area contributed by atoms with Crippen molar-refractivity contribution in [2.75, 3.05) is 18.3 Å². The van der Waals surface area contributed by atoms with Crippen LogP contribution in [0.15, 0.2) is 35.5 Å². The molecule has 0 aliphatic carbocycles. The zero-order valence-electron chi connectivity index (χ0n) is 11.2. The van der Waals surface area contributed by atoms with E-state index in [2.05, 4.69) is 15.1 Å². The average molecular weight is 349 g/mol. The number of nitrogens with zero attached hydrogens (tertiary/aromatic N) is 2. The summed E-state index contributed by atoms with van der Waals surface area (Å²) in [4.78, 5) is 0.0645. The fourth-order valence-corrected chi connectivity index (χ4v) is 3.05. The van der Waals surface area contributed by atoms with Gasteiger partial charge in [-0.2, -0.15) is 5.10 Å². The highest BCUT2D eigenvalue weighted by Crippen LogP contribution is 2.30. The predicted molar refractivity (Wildman–Crippen MR) is 83.4 cm³/mol. The molecule has 0 radical (unpaired) electrons. The second kappa shape index (κ2) is 6.65. The van der Waals surface area contributed by atoms with Crippen LogP contribution in [0.25, 0.3) is 0 Å². The fraction of sp³-hybridized carbons (Fsp3) is 0.250. The summed E-state index contributed by atoms with van der Waals surface area (Å²) < 4.78 is 28.5. The lowest BCUT2D eigenvalue weighted by atomic mass is 10.3. The highest BCUT2D eigenvalue weighted by Gasteiger charge is 2.18. The molecule has 1 aromatic carbocycles. The van der Waals surface area contributed by atoms with E-state index in [-0.39, 0.29) is 20.6 Å². The van der Waals surface area contributed by atoms with Crippen molar-refractivity contribution < 1.29 is 8.42 Å². The number of hydrogen-bond donors (Lipinski definition) is 2. The molecule has 0 saturated heterocycles. The van der Waals surface area contributed by atoms with E-state index in [1.165, 1.54) is 18.5 Å². The molecule has 0 saturated carbocycles. The molecule has 2 N–H and O–H groups in total. The third kappa shape index (κ3) is 3.88. The molecule has 2 aromatic rings. The molecule has 6 nitrogen and oxygen atoms in total. The molecule has 0 unspecified atom stereocenters. The topological polar surface area (TPSA) is 76.0 Å². The molecule has 0 aliphatic heterocycles. The smallest absolute Gasteiger partial charge is 0.265 e. The Bertz CT molecular complexity index is 731. The first-order chi connectivity index (χ1) is 9.94. The molecule has 21 heavy (non-hydrogen) atoms. The summed E-state index contributed by atoms with van der Waals surface area (Å²) in [5, 5.41) is 7.40. The van der Waals surface area contributed by atoms with Crippen molar-refractivity contribution in [3.8, 4) is 0 Å². The maximum Gasteiger partial charge on any atom is 0.265 e. The van der Waals surface area contributed by atoms with E-state index < -0.39 is 10.0 Å². The second-order valence-corrected chi connectivity index (χ2v) is 6.72. The van der Waals surface area contributed by atoms with Crippen molar-refractivity contribution in [3.63, 3.8) is 0 Å². The first-order valence-electron chi connectivity index (χ1n) is 6.08. The zero-order chi connectivity index (χ0) is 15.5. The maximum atomic E-state index is 12.3. The molecule has 1 heterocycles. The van der Waals surface area contributed by atoms with Crippen LogP contribution < -0.4 is 10.0 Å². The summed E-state index contributed by atoms with van der Waals surface area (Å²) in [6, 6.07) is 4.73. The van der Waals surface area contributed by atoms with Gasteiger partial charge in [0.25, 0.3) is 10.0 Å². The summed E-state index contributed by atoms with van der Waals surface area (Å²) in [7, 11) is -1.94. The number of hydrogen-bond acceptors (Lipinski definition) is 4. The molecule has 1 aromatic heterocycles. The largest absolute Gasteiger partial charge is 0.318 e. The minimum atomic E-state index is -3.75. The van der Waals surface area contributed by atoms with Crippen molar-refractivity contribution in [1.29, 1.82) is 0 Å². The summed E-state index contributed by atoms with van der Waals surface area (Å²) in [6.07, 6.45) is 2.74. The monoisotopic (exact) mass is 348 g/mol. The molecule has 0 aliphatic rings. The molecule has 0 atom stereocenters. The van der Waals surface area contributed by atoms with Gasteiger partial charge in [0.2, 0.25) is 0 Å². The van der Waals surface area contributed by atoms with E-state index >= 15 is 0 Å². The first kappa shape index (κ1) is 16.1. The maximum absolute atomic E-state index is 12.3. The van der Waals surface area contributed by atoms with Gasteiger partial charge in [-0.25, -0.2) is 8.42 Å². The van der Waals surface area contributed by atoms with Gasteiger partial charge < -0.3 is 5.32 Å². The predicted octanol–water partition coefficient (Wildman–Crippen LogP) is 2.21. The van der Waals surface area contributed by atoms with Crippen LogP contribution in [-0.4, -0.2) is 31.8 Å². The Kier molecular flexibility index (Phi) is 5.10. The van der Waals surface area contributed by atoms with E-state index in [1.807, 2.05) is 7.05 Å². The quantitative estimate of drug-likeness (QED) is 0.838. The highest BCUT2D eigenvalue weighted by molar-refractivity contribution is 7.92. The van der Waals surface area contributed by atoms with Crippen molar-refractivity contribution in [2.24, 2.45) is 0 Å². The minimum absolute atomic E-state index is 0.0645. The van der Waals surface area contributed by atoms with Crippen LogP contribution >= 0.6 is 23.2 Å². The average Bonchev–Trinajstić information content (AvgIpc) is 2.91. The molecule has 2 rings (SSSR count). The van der Waals surface area contributed by atoms with Crippen LogP contribution in [0, 0.1) is 0 Å². The Labute approximate surface area is 133 Å². The Hall–Kier alpha value is -1.28. The third-order valence-corrected chi connectivity index (χ3v) is 4.85. The molecule has 0 amide bonds. The van der Waals surface area contributed by atoms with Gasteiger partial charge in [0.1, 0.15) is 4.90 Å². The first-order valence-corrected chi connectivity index (χ1v) is 8.32. The standard InChI is InChI=1S/C12H14Cl2N4O2S/c1-15-5-6-18-8-9(7-16-18)21(19,20)17-11-4-2-3-10(13)12(11)14/h2-4,7-8,15,17H,5-6H2,1H3. The number of rotatable bonds is 6. The normalized spacial score (nSPS) is 11.6. The van der Waals surface area contributed by atoms with Crippen LogP contribution in [-0.2, 0) is 16.6 Å². The van der Waals surface area contributed by atoms with E-state index in [0.29, 0.717) is 13.1 Å². The van der Waals surface area contributed by atoms with E-state index in [4.69, 9.17) is 23.2 Å². The number of sulfonamides is 1. The molecular weight excluding hydrogens is 335 g/mol. The number of anilines is 1. The molecule has 0 spiro atoms. The van der Waals surface area contributed by atoms with Gasteiger partial charge in [0.05, 0.1) is 28.5 Å². The lowest BCUT2D eigenvalue weighted by Gasteiger charge is -2.08. The van der Waals surface area contributed by atoms with Crippen molar-refractivity contribution in [2.45, 2.75) is 11.4 Å². The van der Waals surface area contributed by atoms with Crippen LogP contribution in [0.5, 0.6) is 0 Å². The molecular formula is C12H14Cl2N4O2S. The van der Waals surface area contributed by atoms with Crippen LogP contribution in [0.3, 0.4) is 0 Å². The van der Waals surface area contributed by atoms with Gasteiger partial charge in [-0.1, -0.05) is 29.3 Å². The summed E-state index contributed by atoms with van der Waals surface area (Å²) >= 11 is 11.8. The lowest BCUT2D eigenvalue weighted by molar-refractivity contribution is 0.582. The fourth-order valence-electron chi connectivity index (χ4n) is 1.62.